The molecule has 1 amide bonds. The Morgan fingerprint density at radius 1 is 1.11 bits per heavy atom. The van der Waals surface area contributed by atoms with Gasteiger partial charge in [-0.1, -0.05) is 42.5 Å². The van der Waals surface area contributed by atoms with Crippen molar-refractivity contribution >= 4 is 27.5 Å². The summed E-state index contributed by atoms with van der Waals surface area (Å²) in [7, 11) is 0. The van der Waals surface area contributed by atoms with Crippen molar-refractivity contribution in [3.8, 4) is 22.5 Å². The largest absolute Gasteiger partial charge is 0.368 e. The van der Waals surface area contributed by atoms with Crippen LogP contribution < -0.4 is 11.3 Å². The third-order valence-electron chi connectivity index (χ3n) is 4.63. The number of halogens is 1. The predicted octanol–water partition coefficient (Wildman–Crippen LogP) is 3.98. The quantitative estimate of drug-likeness (QED) is 0.570. The summed E-state index contributed by atoms with van der Waals surface area (Å²) in [6.45, 7) is 1.58. The molecule has 2 N–H and O–H groups in total. The molecule has 140 valence electrons. The van der Waals surface area contributed by atoms with Gasteiger partial charge in [0, 0.05) is 16.5 Å². The van der Waals surface area contributed by atoms with Gasteiger partial charge in [0.1, 0.15) is 22.5 Å². The van der Waals surface area contributed by atoms with Crippen LogP contribution in [0.2, 0.25) is 0 Å². The second-order valence-corrected chi connectivity index (χ2v) is 7.25. The van der Waals surface area contributed by atoms with E-state index in [0.717, 1.165) is 0 Å². The first-order chi connectivity index (χ1) is 13.5. The third kappa shape index (κ3) is 2.99. The number of nitrogens with zero attached hydrogens (tertiary/aromatic N) is 2. The molecule has 4 aromatic rings. The molecule has 0 radical (unpaired) electrons. The van der Waals surface area contributed by atoms with Gasteiger partial charge in [0.2, 0.25) is 5.91 Å². The molecule has 0 aliphatic heterocycles. The smallest absolute Gasteiger partial charge is 0.263 e. The number of carbonyl (C=O) groups is 1. The van der Waals surface area contributed by atoms with Crippen molar-refractivity contribution in [2.24, 2.45) is 5.73 Å². The zero-order valence-electron chi connectivity index (χ0n) is 14.9. The zero-order valence-corrected chi connectivity index (χ0v) is 15.7. The van der Waals surface area contributed by atoms with Crippen molar-refractivity contribution in [1.82, 2.24) is 9.55 Å². The molecule has 5 nitrogen and oxygen atoms in total. The fraction of sp³-hybridized carbons (Fsp3) is 0.0952. The predicted molar refractivity (Wildman–Crippen MR) is 109 cm³/mol. The standard InChI is InChI=1S/C21H16FN3O2S/c1-12(18(23)26)25-19(14-5-3-2-4-6-14)24-20-17(21(25)27)16(11-28-20)13-7-9-15(22)10-8-13/h2-12H,1H3,(H2,23,26). The first-order valence-electron chi connectivity index (χ1n) is 8.62. The van der Waals surface area contributed by atoms with Gasteiger partial charge in [-0.15, -0.1) is 11.3 Å². The fourth-order valence-electron chi connectivity index (χ4n) is 3.12. The SMILES string of the molecule is CC(C(N)=O)n1c(-c2ccccc2)nc2scc(-c3ccc(F)cc3)c2c1=O. The number of nitrogens with two attached hydrogens (primary N) is 1. The van der Waals surface area contributed by atoms with Gasteiger partial charge in [0.15, 0.2) is 0 Å². The summed E-state index contributed by atoms with van der Waals surface area (Å²) in [4.78, 5) is 30.6. The van der Waals surface area contributed by atoms with E-state index < -0.39 is 11.9 Å². The van der Waals surface area contributed by atoms with Gasteiger partial charge in [-0.25, -0.2) is 9.37 Å². The maximum absolute atomic E-state index is 13.4. The Hall–Kier alpha value is -3.32. The summed E-state index contributed by atoms with van der Waals surface area (Å²) >= 11 is 1.33. The van der Waals surface area contributed by atoms with Crippen LogP contribution in [0.25, 0.3) is 32.7 Å². The summed E-state index contributed by atoms with van der Waals surface area (Å²) < 4.78 is 14.6. The number of aromatic nitrogens is 2. The Bertz CT molecular complexity index is 1230. The van der Waals surface area contributed by atoms with Crippen LogP contribution in [-0.4, -0.2) is 15.5 Å². The number of carbonyl (C=O) groups excluding carboxylic acids is 1. The van der Waals surface area contributed by atoms with E-state index in [4.69, 9.17) is 5.73 Å². The van der Waals surface area contributed by atoms with E-state index in [9.17, 15) is 14.0 Å². The molecule has 0 saturated heterocycles. The van der Waals surface area contributed by atoms with Crippen molar-refractivity contribution in [2.45, 2.75) is 13.0 Å². The molecule has 1 unspecified atom stereocenters. The van der Waals surface area contributed by atoms with Crippen molar-refractivity contribution in [3.63, 3.8) is 0 Å². The lowest BCUT2D eigenvalue weighted by atomic mass is 10.1. The molecule has 4 rings (SSSR count). The van der Waals surface area contributed by atoms with Crippen LogP contribution in [0.1, 0.15) is 13.0 Å². The Morgan fingerprint density at radius 3 is 2.43 bits per heavy atom. The molecule has 0 bridgehead atoms. The fourth-order valence-corrected chi connectivity index (χ4v) is 4.06. The van der Waals surface area contributed by atoms with E-state index in [0.29, 0.717) is 32.7 Å². The molecular weight excluding hydrogens is 377 g/mol. The Kier molecular flexibility index (Phi) is 4.52. The van der Waals surface area contributed by atoms with Crippen molar-refractivity contribution in [2.75, 3.05) is 0 Å². The van der Waals surface area contributed by atoms with Crippen LogP contribution in [0, 0.1) is 5.82 Å². The maximum atomic E-state index is 13.4. The molecule has 0 spiro atoms. The minimum atomic E-state index is -0.874. The van der Waals surface area contributed by atoms with E-state index >= 15 is 0 Å². The van der Waals surface area contributed by atoms with Crippen LogP contribution in [0.4, 0.5) is 4.39 Å². The van der Waals surface area contributed by atoms with Gasteiger partial charge in [-0.05, 0) is 24.6 Å². The molecule has 0 aliphatic carbocycles. The Morgan fingerprint density at radius 2 is 1.79 bits per heavy atom. The highest BCUT2D eigenvalue weighted by molar-refractivity contribution is 7.17. The lowest BCUT2D eigenvalue weighted by Crippen LogP contribution is -2.33. The lowest BCUT2D eigenvalue weighted by Gasteiger charge is -2.17. The second-order valence-electron chi connectivity index (χ2n) is 6.39. The molecule has 2 aromatic heterocycles. The zero-order chi connectivity index (χ0) is 19.8. The Labute approximate surface area is 163 Å². The molecule has 28 heavy (non-hydrogen) atoms. The Balaban J connectivity index is 2.05. The summed E-state index contributed by atoms with van der Waals surface area (Å²) in [5.41, 5.74) is 7.23. The van der Waals surface area contributed by atoms with E-state index in [1.165, 1.54) is 28.0 Å². The molecule has 2 heterocycles. The summed E-state index contributed by atoms with van der Waals surface area (Å²) in [6, 6.07) is 14.2. The topological polar surface area (TPSA) is 78.0 Å². The first-order valence-corrected chi connectivity index (χ1v) is 9.49. The molecule has 0 fully saturated rings. The molecule has 1 atom stereocenters. The van der Waals surface area contributed by atoms with E-state index in [1.807, 2.05) is 35.7 Å². The highest BCUT2D eigenvalue weighted by Gasteiger charge is 2.23. The van der Waals surface area contributed by atoms with Crippen molar-refractivity contribution in [3.05, 3.63) is 76.1 Å². The van der Waals surface area contributed by atoms with Gasteiger partial charge in [0.05, 0.1) is 5.39 Å². The van der Waals surface area contributed by atoms with Crippen molar-refractivity contribution in [1.29, 1.82) is 0 Å². The minimum Gasteiger partial charge on any atom is -0.368 e. The number of fused-ring (bicyclic) bond motifs is 1. The monoisotopic (exact) mass is 393 g/mol. The third-order valence-corrected chi connectivity index (χ3v) is 5.50. The van der Waals surface area contributed by atoms with Gasteiger partial charge >= 0.3 is 0 Å². The first kappa shape index (κ1) is 18.1. The van der Waals surface area contributed by atoms with E-state index in [-0.39, 0.29) is 11.4 Å². The highest BCUT2D eigenvalue weighted by atomic mass is 32.1. The van der Waals surface area contributed by atoms with Crippen LogP contribution in [0.5, 0.6) is 0 Å². The number of hydrogen-bond acceptors (Lipinski definition) is 4. The minimum absolute atomic E-state index is 0.351. The van der Waals surface area contributed by atoms with Crippen molar-refractivity contribution < 1.29 is 9.18 Å². The number of primary amides is 1. The molecule has 7 heteroatoms. The van der Waals surface area contributed by atoms with Crippen LogP contribution in [0.3, 0.4) is 0 Å². The normalized spacial score (nSPS) is 12.2. The van der Waals surface area contributed by atoms with Gasteiger partial charge in [-0.3, -0.25) is 14.2 Å². The maximum Gasteiger partial charge on any atom is 0.263 e. The number of thiophene rings is 1. The van der Waals surface area contributed by atoms with Gasteiger partial charge in [-0.2, -0.15) is 0 Å². The molecule has 2 aromatic carbocycles. The molecular formula is C21H16FN3O2S. The van der Waals surface area contributed by atoms with Crippen LogP contribution in [0.15, 0.2) is 64.8 Å². The van der Waals surface area contributed by atoms with E-state index in [2.05, 4.69) is 4.98 Å². The van der Waals surface area contributed by atoms with Crippen LogP contribution in [-0.2, 0) is 4.79 Å². The summed E-state index contributed by atoms with van der Waals surface area (Å²) in [6.07, 6.45) is 0. The number of rotatable bonds is 4. The van der Waals surface area contributed by atoms with E-state index in [1.54, 1.807) is 19.1 Å². The van der Waals surface area contributed by atoms with Gasteiger partial charge < -0.3 is 5.73 Å². The average Bonchev–Trinajstić information content (AvgIpc) is 3.13. The summed E-state index contributed by atoms with van der Waals surface area (Å²) in [5, 5.41) is 2.21. The number of benzene rings is 2. The highest BCUT2D eigenvalue weighted by Crippen LogP contribution is 2.33. The average molecular weight is 393 g/mol. The second kappa shape index (κ2) is 7.01. The van der Waals surface area contributed by atoms with Gasteiger partial charge in [0.25, 0.3) is 5.56 Å². The number of hydrogen-bond donors (Lipinski definition) is 1. The number of amides is 1. The lowest BCUT2D eigenvalue weighted by molar-refractivity contribution is -0.120. The van der Waals surface area contributed by atoms with Crippen LogP contribution >= 0.6 is 11.3 Å². The molecule has 0 aliphatic rings. The summed E-state index contributed by atoms with van der Waals surface area (Å²) in [5.74, 6) is -0.594. The molecule has 0 saturated carbocycles.